The highest BCUT2D eigenvalue weighted by Crippen LogP contribution is 2.51. The maximum absolute atomic E-state index is 12.0. The van der Waals surface area contributed by atoms with E-state index in [2.05, 4.69) is 42.0 Å². The van der Waals surface area contributed by atoms with Gasteiger partial charge in [-0.15, -0.1) is 5.10 Å². The molecule has 3 rings (SSSR count). The summed E-state index contributed by atoms with van der Waals surface area (Å²) in [7, 11) is -5.35. The molecule has 16 heteroatoms. The molecule has 13 nitrogen and oxygen atoms in total. The Kier molecular flexibility index (Phi) is 8.91. The predicted octanol–water partition coefficient (Wildman–Crippen LogP) is 0.751. The van der Waals surface area contributed by atoms with E-state index in [4.69, 9.17) is 25.8 Å². The van der Waals surface area contributed by atoms with Gasteiger partial charge in [0.1, 0.15) is 29.9 Å². The van der Waals surface area contributed by atoms with Crippen LogP contribution >= 0.6 is 19.2 Å². The number of halogens is 1. The SMILES string of the molecule is COCC(CO)(OC[C@H]1O[C@@H](c2ccc3c(NC(C)[Si](C)(C)C)nc(Cl)nn23)[C@H](O)[C@@H]1O)P(=O)(O)O. The second kappa shape index (κ2) is 10.9. The molecule has 1 aliphatic rings. The van der Waals surface area contributed by atoms with Crippen LogP contribution in [0.5, 0.6) is 0 Å². The predicted molar refractivity (Wildman–Crippen MR) is 134 cm³/mol. The third kappa shape index (κ3) is 5.79. The molecule has 2 unspecified atom stereocenters. The Morgan fingerprint density at radius 1 is 1.31 bits per heavy atom. The fraction of sp³-hybridized carbons (Fsp3) is 0.700. The molecule has 1 fully saturated rings. The van der Waals surface area contributed by atoms with Gasteiger partial charge in [-0.3, -0.25) is 4.57 Å². The van der Waals surface area contributed by atoms with Crippen molar-refractivity contribution in [1.29, 1.82) is 0 Å². The summed E-state index contributed by atoms with van der Waals surface area (Å²) in [6.45, 7) is 6.53. The van der Waals surface area contributed by atoms with Gasteiger partial charge >= 0.3 is 7.60 Å². The molecular weight excluding hydrogens is 535 g/mol. The van der Waals surface area contributed by atoms with Gasteiger partial charge in [-0.05, 0) is 30.7 Å². The molecule has 0 radical (unpaired) electrons. The van der Waals surface area contributed by atoms with Crippen LogP contribution in [0, 0.1) is 0 Å². The molecule has 6 atom stereocenters. The van der Waals surface area contributed by atoms with E-state index in [1.54, 1.807) is 12.1 Å². The summed E-state index contributed by atoms with van der Waals surface area (Å²) < 4.78 is 29.5. The van der Waals surface area contributed by atoms with Gasteiger partial charge in [-0.25, -0.2) is 4.52 Å². The van der Waals surface area contributed by atoms with Crippen LogP contribution in [0.4, 0.5) is 5.82 Å². The van der Waals surface area contributed by atoms with E-state index in [-0.39, 0.29) is 10.9 Å². The Labute approximate surface area is 214 Å². The second-order valence-corrected chi connectivity index (χ2v) is 17.8. The van der Waals surface area contributed by atoms with Crippen LogP contribution < -0.4 is 5.32 Å². The van der Waals surface area contributed by atoms with Gasteiger partial charge in [-0.1, -0.05) is 19.6 Å². The highest BCUT2D eigenvalue weighted by molar-refractivity contribution is 7.53. The molecule has 6 N–H and O–H groups in total. The van der Waals surface area contributed by atoms with Gasteiger partial charge in [0.25, 0.3) is 0 Å². The lowest BCUT2D eigenvalue weighted by atomic mass is 10.1. The van der Waals surface area contributed by atoms with E-state index < -0.39 is 65.2 Å². The lowest BCUT2D eigenvalue weighted by Gasteiger charge is -2.32. The van der Waals surface area contributed by atoms with Gasteiger partial charge in [0.2, 0.25) is 10.6 Å². The number of anilines is 1. The average molecular weight is 569 g/mol. The van der Waals surface area contributed by atoms with E-state index in [1.807, 2.05) is 0 Å². The van der Waals surface area contributed by atoms with Crippen LogP contribution in [0.3, 0.4) is 0 Å². The highest BCUT2D eigenvalue weighted by Gasteiger charge is 2.51. The van der Waals surface area contributed by atoms with Crippen molar-refractivity contribution in [2.75, 3.05) is 32.2 Å². The topological polar surface area (TPSA) is 188 Å². The molecule has 2 aromatic rings. The van der Waals surface area contributed by atoms with Crippen LogP contribution in [-0.2, 0) is 18.8 Å². The quantitative estimate of drug-likeness (QED) is 0.165. The van der Waals surface area contributed by atoms with Crippen molar-refractivity contribution >= 4 is 38.6 Å². The van der Waals surface area contributed by atoms with Crippen LogP contribution in [-0.4, -0.2) is 104 Å². The Bertz CT molecular complexity index is 1110. The first-order chi connectivity index (χ1) is 16.6. The lowest BCUT2D eigenvalue weighted by Crippen LogP contribution is -2.44. The van der Waals surface area contributed by atoms with E-state index >= 15 is 0 Å². The first-order valence-corrected chi connectivity index (χ1v) is 16.8. The molecule has 0 saturated carbocycles. The molecule has 0 bridgehead atoms. The van der Waals surface area contributed by atoms with E-state index in [0.29, 0.717) is 17.0 Å². The summed E-state index contributed by atoms with van der Waals surface area (Å²) >= 11 is 6.19. The van der Waals surface area contributed by atoms with Gasteiger partial charge in [0, 0.05) is 12.8 Å². The summed E-state index contributed by atoms with van der Waals surface area (Å²) in [6, 6.07) is 3.40. The zero-order valence-electron chi connectivity index (χ0n) is 20.7. The van der Waals surface area contributed by atoms with Gasteiger partial charge in [0.05, 0.1) is 33.6 Å². The van der Waals surface area contributed by atoms with Crippen LogP contribution in [0.25, 0.3) is 5.52 Å². The van der Waals surface area contributed by atoms with Crippen LogP contribution in [0.15, 0.2) is 12.1 Å². The number of nitrogens with zero attached hydrogens (tertiary/aromatic N) is 3. The molecule has 204 valence electrons. The van der Waals surface area contributed by atoms with Crippen molar-refractivity contribution < 1.29 is 43.9 Å². The maximum atomic E-state index is 12.0. The van der Waals surface area contributed by atoms with Gasteiger partial charge in [0.15, 0.2) is 5.82 Å². The van der Waals surface area contributed by atoms with Crippen molar-refractivity contribution in [2.24, 2.45) is 0 Å². The Hall–Kier alpha value is -1.16. The van der Waals surface area contributed by atoms with Crippen molar-refractivity contribution in [2.45, 2.75) is 62.0 Å². The number of nitrogens with one attached hydrogen (secondary N) is 1. The number of hydrogen-bond donors (Lipinski definition) is 6. The number of ether oxygens (including phenoxy) is 3. The standard InChI is InChI=1S/C20H34ClN4O9PSi/c1-11(36(3,4)5)22-18-13-7-6-12(25(13)24-19(21)23-18)17-16(28)15(27)14(34-17)8-33-20(9-26,10-32-2)35(29,30)31/h6-7,11,14-17,26-28H,8-10H2,1-5H3,(H,22,23,24)(H2,29,30,31)/t11?,14-,15-,16-,17+,20?/m1/s1. The normalized spacial score (nSPS) is 25.8. The van der Waals surface area contributed by atoms with Crippen molar-refractivity contribution in [3.8, 4) is 0 Å². The zero-order valence-corrected chi connectivity index (χ0v) is 23.3. The summed E-state index contributed by atoms with van der Waals surface area (Å²) in [5.41, 5.74) is 1.13. The fourth-order valence-electron chi connectivity index (χ4n) is 3.72. The minimum absolute atomic E-state index is 0.0351. The Balaban J connectivity index is 1.87. The molecule has 0 aliphatic carbocycles. The van der Waals surface area contributed by atoms with E-state index in [0.717, 1.165) is 0 Å². The first-order valence-electron chi connectivity index (χ1n) is 11.3. The molecule has 2 aromatic heterocycles. The minimum Gasteiger partial charge on any atom is -0.393 e. The molecule has 0 aromatic carbocycles. The average Bonchev–Trinajstić information content (AvgIpc) is 3.31. The monoisotopic (exact) mass is 568 g/mol. The Morgan fingerprint density at radius 3 is 2.53 bits per heavy atom. The van der Waals surface area contributed by atoms with E-state index in [1.165, 1.54) is 11.6 Å². The first kappa shape index (κ1) is 29.4. The molecular formula is C20H34ClN4O9PSi. The number of aliphatic hydroxyl groups is 3. The molecule has 36 heavy (non-hydrogen) atoms. The van der Waals surface area contributed by atoms with Crippen LogP contribution in [0.1, 0.15) is 18.7 Å². The number of hydrogen-bond acceptors (Lipinski definition) is 10. The smallest absolute Gasteiger partial charge is 0.361 e. The summed E-state index contributed by atoms with van der Waals surface area (Å²) in [5, 5.41) is 36.2. The van der Waals surface area contributed by atoms with Gasteiger partial charge < -0.3 is 44.6 Å². The second-order valence-electron chi connectivity index (χ2n) is 9.99. The molecule has 1 saturated heterocycles. The number of fused-ring (bicyclic) bond motifs is 1. The number of methoxy groups -OCH3 is 1. The fourth-order valence-corrected chi connectivity index (χ4v) is 5.17. The highest BCUT2D eigenvalue weighted by atomic mass is 35.5. The molecule has 0 spiro atoms. The largest absolute Gasteiger partial charge is 0.393 e. The number of aromatic nitrogens is 3. The maximum Gasteiger partial charge on any atom is 0.361 e. The minimum atomic E-state index is -4.98. The van der Waals surface area contributed by atoms with Crippen molar-refractivity contribution in [1.82, 2.24) is 14.6 Å². The van der Waals surface area contributed by atoms with E-state index in [9.17, 15) is 29.7 Å². The van der Waals surface area contributed by atoms with Gasteiger partial charge in [-0.2, -0.15) is 4.98 Å². The summed E-state index contributed by atoms with van der Waals surface area (Å²) in [6.07, 6.45) is -5.11. The molecule has 1 aliphatic heterocycles. The third-order valence-corrected chi connectivity index (χ3v) is 10.8. The van der Waals surface area contributed by atoms with Crippen LogP contribution in [0.2, 0.25) is 24.9 Å². The zero-order chi connectivity index (χ0) is 27.1. The molecule has 3 heterocycles. The van der Waals surface area contributed by atoms with Crippen molar-refractivity contribution in [3.63, 3.8) is 0 Å². The summed E-state index contributed by atoms with van der Waals surface area (Å²) in [4.78, 5) is 23.7. The Morgan fingerprint density at radius 2 is 1.97 bits per heavy atom. The lowest BCUT2D eigenvalue weighted by molar-refractivity contribution is -0.119. The molecule has 0 amide bonds. The number of rotatable bonds is 11. The third-order valence-electron chi connectivity index (χ3n) is 6.48. The number of aliphatic hydroxyl groups excluding tert-OH is 3. The summed E-state index contributed by atoms with van der Waals surface area (Å²) in [5.74, 6) is 0.512. The van der Waals surface area contributed by atoms with Crippen molar-refractivity contribution in [3.05, 3.63) is 23.1 Å².